The van der Waals surface area contributed by atoms with Gasteiger partial charge in [0.1, 0.15) is 6.04 Å². The molecule has 2 rings (SSSR count). The average Bonchev–Trinajstić information content (AvgIpc) is 2.42. The maximum Gasteiger partial charge on any atom is 0.245 e. The van der Waals surface area contributed by atoms with E-state index in [4.69, 9.17) is 0 Å². The number of hydrogen-bond donors (Lipinski definition) is 1. The molecule has 5 heteroatoms. The Labute approximate surface area is 128 Å². The number of hydrogen-bond acceptors (Lipinski definition) is 3. The standard InChI is InChI=1S/C16H29N3O2/c1-12(2)10-14-16(21)19(11-15(20)17-14)9-6-13-4-7-18(3)8-5-13/h12-14H,4-11H2,1-3H3,(H,17,20). The van der Waals surface area contributed by atoms with Crippen LogP contribution in [0, 0.1) is 11.8 Å². The highest BCUT2D eigenvalue weighted by molar-refractivity contribution is 5.94. The second-order valence-electron chi connectivity index (χ2n) is 7.04. The van der Waals surface area contributed by atoms with Gasteiger partial charge in [-0.2, -0.15) is 0 Å². The zero-order chi connectivity index (χ0) is 15.4. The Morgan fingerprint density at radius 3 is 2.52 bits per heavy atom. The highest BCUT2D eigenvalue weighted by atomic mass is 16.2. The highest BCUT2D eigenvalue weighted by Crippen LogP contribution is 2.21. The van der Waals surface area contributed by atoms with Crippen molar-refractivity contribution in [1.82, 2.24) is 15.1 Å². The lowest BCUT2D eigenvalue weighted by Gasteiger charge is -2.35. The molecule has 2 fully saturated rings. The van der Waals surface area contributed by atoms with Gasteiger partial charge in [0.05, 0.1) is 6.54 Å². The van der Waals surface area contributed by atoms with Crippen LogP contribution in [-0.4, -0.2) is 60.9 Å². The van der Waals surface area contributed by atoms with Crippen LogP contribution in [0.15, 0.2) is 0 Å². The summed E-state index contributed by atoms with van der Waals surface area (Å²) < 4.78 is 0. The molecule has 120 valence electrons. The van der Waals surface area contributed by atoms with E-state index in [1.807, 2.05) is 0 Å². The van der Waals surface area contributed by atoms with E-state index in [0.717, 1.165) is 32.5 Å². The lowest BCUT2D eigenvalue weighted by molar-refractivity contribution is -0.144. The summed E-state index contributed by atoms with van der Waals surface area (Å²) in [6.07, 6.45) is 4.18. The summed E-state index contributed by atoms with van der Waals surface area (Å²) in [7, 11) is 2.16. The van der Waals surface area contributed by atoms with Crippen LogP contribution in [0.3, 0.4) is 0 Å². The minimum atomic E-state index is -0.316. The van der Waals surface area contributed by atoms with Gasteiger partial charge in [-0.1, -0.05) is 13.8 Å². The first-order valence-corrected chi connectivity index (χ1v) is 8.22. The van der Waals surface area contributed by atoms with Gasteiger partial charge < -0.3 is 15.1 Å². The monoisotopic (exact) mass is 295 g/mol. The number of carbonyl (C=O) groups is 2. The summed E-state index contributed by atoms with van der Waals surface area (Å²) >= 11 is 0. The molecule has 0 aliphatic carbocycles. The molecular weight excluding hydrogens is 266 g/mol. The van der Waals surface area contributed by atoms with Gasteiger partial charge in [0, 0.05) is 6.54 Å². The first kappa shape index (κ1) is 16.3. The molecule has 2 saturated heterocycles. The van der Waals surface area contributed by atoms with Crippen molar-refractivity contribution in [2.24, 2.45) is 11.8 Å². The SMILES string of the molecule is CC(C)CC1NC(=O)CN(CCC2CCN(C)CC2)C1=O. The van der Waals surface area contributed by atoms with Crippen molar-refractivity contribution >= 4 is 11.8 Å². The fourth-order valence-electron chi connectivity index (χ4n) is 3.28. The molecule has 1 N–H and O–H groups in total. The first-order valence-electron chi connectivity index (χ1n) is 8.22. The predicted molar refractivity (Wildman–Crippen MR) is 82.8 cm³/mol. The fraction of sp³-hybridized carbons (Fsp3) is 0.875. The van der Waals surface area contributed by atoms with Gasteiger partial charge in [-0.25, -0.2) is 0 Å². The largest absolute Gasteiger partial charge is 0.343 e. The molecule has 1 unspecified atom stereocenters. The molecule has 0 aromatic carbocycles. The number of piperazine rings is 1. The average molecular weight is 295 g/mol. The Kier molecular flexibility index (Phi) is 5.62. The number of nitrogens with one attached hydrogen (secondary N) is 1. The smallest absolute Gasteiger partial charge is 0.245 e. The lowest BCUT2D eigenvalue weighted by Crippen LogP contribution is -2.58. The summed E-state index contributed by atoms with van der Waals surface area (Å²) in [5, 5.41) is 2.83. The first-order chi connectivity index (χ1) is 9.95. The molecule has 2 amide bonds. The van der Waals surface area contributed by atoms with E-state index in [9.17, 15) is 9.59 Å². The lowest BCUT2D eigenvalue weighted by atomic mass is 9.93. The van der Waals surface area contributed by atoms with Gasteiger partial charge in [0.2, 0.25) is 11.8 Å². The van der Waals surface area contributed by atoms with Crippen molar-refractivity contribution < 1.29 is 9.59 Å². The van der Waals surface area contributed by atoms with Gasteiger partial charge in [-0.05, 0) is 57.7 Å². The number of carbonyl (C=O) groups excluding carboxylic acids is 2. The molecule has 2 heterocycles. The molecule has 21 heavy (non-hydrogen) atoms. The Morgan fingerprint density at radius 1 is 1.24 bits per heavy atom. The Morgan fingerprint density at radius 2 is 1.90 bits per heavy atom. The Balaban J connectivity index is 1.83. The van der Waals surface area contributed by atoms with Crippen molar-refractivity contribution in [2.75, 3.05) is 33.2 Å². The van der Waals surface area contributed by atoms with Crippen LogP contribution >= 0.6 is 0 Å². The van der Waals surface area contributed by atoms with E-state index in [1.54, 1.807) is 4.90 Å². The van der Waals surface area contributed by atoms with E-state index in [1.165, 1.54) is 12.8 Å². The van der Waals surface area contributed by atoms with Crippen molar-refractivity contribution in [2.45, 2.75) is 45.6 Å². The van der Waals surface area contributed by atoms with Gasteiger partial charge in [-0.3, -0.25) is 9.59 Å². The fourth-order valence-corrected chi connectivity index (χ4v) is 3.28. The number of piperidine rings is 1. The topological polar surface area (TPSA) is 52.7 Å². The summed E-state index contributed by atoms with van der Waals surface area (Å²) in [5.74, 6) is 1.20. The molecule has 0 aromatic heterocycles. The maximum atomic E-state index is 12.4. The normalized spacial score (nSPS) is 25.5. The van der Waals surface area contributed by atoms with Gasteiger partial charge >= 0.3 is 0 Å². The molecule has 5 nitrogen and oxygen atoms in total. The predicted octanol–water partition coefficient (Wildman–Crippen LogP) is 1.09. The Bertz CT molecular complexity index is 376. The van der Waals surface area contributed by atoms with Crippen LogP contribution in [0.25, 0.3) is 0 Å². The minimum absolute atomic E-state index is 0.0105. The van der Waals surface area contributed by atoms with Gasteiger partial charge in [0.25, 0.3) is 0 Å². The van der Waals surface area contributed by atoms with Crippen molar-refractivity contribution in [3.8, 4) is 0 Å². The highest BCUT2D eigenvalue weighted by Gasteiger charge is 2.33. The number of nitrogens with zero attached hydrogens (tertiary/aromatic N) is 2. The van der Waals surface area contributed by atoms with E-state index >= 15 is 0 Å². The van der Waals surface area contributed by atoms with Crippen molar-refractivity contribution in [3.05, 3.63) is 0 Å². The summed E-state index contributed by atoms with van der Waals surface area (Å²) in [6.45, 7) is 7.42. The summed E-state index contributed by atoms with van der Waals surface area (Å²) in [6, 6.07) is -0.316. The third-order valence-corrected chi connectivity index (χ3v) is 4.63. The van der Waals surface area contributed by atoms with Crippen LogP contribution in [0.2, 0.25) is 0 Å². The molecule has 0 spiro atoms. The van der Waals surface area contributed by atoms with E-state index in [0.29, 0.717) is 11.8 Å². The third kappa shape index (κ3) is 4.70. The van der Waals surface area contributed by atoms with Gasteiger partial charge in [0.15, 0.2) is 0 Å². The van der Waals surface area contributed by atoms with Crippen LogP contribution < -0.4 is 5.32 Å². The van der Waals surface area contributed by atoms with E-state index in [2.05, 4.69) is 31.1 Å². The van der Waals surface area contributed by atoms with Crippen molar-refractivity contribution in [1.29, 1.82) is 0 Å². The number of rotatable bonds is 5. The van der Waals surface area contributed by atoms with Gasteiger partial charge in [-0.15, -0.1) is 0 Å². The minimum Gasteiger partial charge on any atom is -0.343 e. The summed E-state index contributed by atoms with van der Waals surface area (Å²) in [5.41, 5.74) is 0. The number of amides is 2. The third-order valence-electron chi connectivity index (χ3n) is 4.63. The zero-order valence-corrected chi connectivity index (χ0v) is 13.6. The molecule has 2 aliphatic rings. The second-order valence-corrected chi connectivity index (χ2v) is 7.04. The van der Waals surface area contributed by atoms with Crippen LogP contribution in [0.4, 0.5) is 0 Å². The molecule has 1 atom stereocenters. The summed E-state index contributed by atoms with van der Waals surface area (Å²) in [4.78, 5) is 28.4. The van der Waals surface area contributed by atoms with E-state index in [-0.39, 0.29) is 24.4 Å². The molecule has 0 saturated carbocycles. The van der Waals surface area contributed by atoms with Crippen molar-refractivity contribution in [3.63, 3.8) is 0 Å². The molecule has 0 bridgehead atoms. The zero-order valence-electron chi connectivity index (χ0n) is 13.6. The van der Waals surface area contributed by atoms with Crippen LogP contribution in [-0.2, 0) is 9.59 Å². The maximum absolute atomic E-state index is 12.4. The van der Waals surface area contributed by atoms with E-state index < -0.39 is 0 Å². The Hall–Kier alpha value is -1.10. The van der Waals surface area contributed by atoms with Crippen LogP contribution in [0.1, 0.15) is 39.5 Å². The number of likely N-dealkylation sites (tertiary alicyclic amines) is 1. The van der Waals surface area contributed by atoms with Crippen LogP contribution in [0.5, 0.6) is 0 Å². The molecular formula is C16H29N3O2. The second kappa shape index (κ2) is 7.25. The quantitative estimate of drug-likeness (QED) is 0.826. The molecule has 2 aliphatic heterocycles. The molecule has 0 aromatic rings. The molecule has 0 radical (unpaired) electrons.